The molecule has 0 bridgehead atoms. The predicted molar refractivity (Wildman–Crippen MR) is 59.4 cm³/mol. The zero-order chi connectivity index (χ0) is 12.9. The second kappa shape index (κ2) is 5.74. The first-order valence-electron chi connectivity index (χ1n) is 4.91. The first kappa shape index (κ1) is 13.6. The van der Waals surface area contributed by atoms with Crippen molar-refractivity contribution >= 4 is 10.1 Å². The number of nitrogens with zero attached hydrogens (tertiary/aromatic N) is 6. The summed E-state index contributed by atoms with van der Waals surface area (Å²) in [5.74, 6) is 0. The lowest BCUT2D eigenvalue weighted by Gasteiger charge is -2.29. The fourth-order valence-electron chi connectivity index (χ4n) is 1.87. The van der Waals surface area contributed by atoms with Crippen molar-refractivity contribution in [1.82, 2.24) is 0 Å². The normalized spacial score (nSPS) is 28.9. The van der Waals surface area contributed by atoms with E-state index < -0.39 is 28.3 Å². The maximum atomic E-state index is 11.0. The van der Waals surface area contributed by atoms with Crippen LogP contribution in [0.4, 0.5) is 0 Å². The minimum atomic E-state index is -3.57. The van der Waals surface area contributed by atoms with E-state index in [1.165, 1.54) is 0 Å². The molecule has 10 heteroatoms. The average Bonchev–Trinajstić information content (AvgIpc) is 2.15. The summed E-state index contributed by atoms with van der Waals surface area (Å²) in [7, 11) is -3.57. The fraction of sp³-hybridized carbons (Fsp3) is 1.00. The average molecular weight is 260 g/mol. The summed E-state index contributed by atoms with van der Waals surface area (Å²) in [6, 6.07) is -0.813. The SMILES string of the molecule is CS(=O)(=O)OC1CC(N=[N+]=[N-])CC(N=[N+]=[N-])C1. The van der Waals surface area contributed by atoms with Gasteiger partial charge in [-0.05, 0) is 30.3 Å². The second-order valence-electron chi connectivity index (χ2n) is 3.85. The minimum absolute atomic E-state index is 0.314. The van der Waals surface area contributed by atoms with Crippen LogP contribution in [0.3, 0.4) is 0 Å². The van der Waals surface area contributed by atoms with Gasteiger partial charge in [-0.2, -0.15) is 8.42 Å². The van der Waals surface area contributed by atoms with Crippen molar-refractivity contribution in [2.45, 2.75) is 37.5 Å². The Balaban J connectivity index is 2.77. The van der Waals surface area contributed by atoms with Crippen molar-refractivity contribution in [3.63, 3.8) is 0 Å². The second-order valence-corrected chi connectivity index (χ2v) is 5.45. The van der Waals surface area contributed by atoms with Crippen molar-refractivity contribution < 1.29 is 12.6 Å². The molecule has 9 nitrogen and oxygen atoms in total. The highest BCUT2D eigenvalue weighted by molar-refractivity contribution is 7.86. The minimum Gasteiger partial charge on any atom is -0.267 e. The number of azide groups is 2. The van der Waals surface area contributed by atoms with Gasteiger partial charge in [0.1, 0.15) is 0 Å². The van der Waals surface area contributed by atoms with E-state index in [1.807, 2.05) is 0 Å². The molecule has 0 N–H and O–H groups in total. The summed E-state index contributed by atoms with van der Waals surface area (Å²) < 4.78 is 26.8. The maximum Gasteiger partial charge on any atom is 0.264 e. The molecule has 1 rings (SSSR count). The lowest BCUT2D eigenvalue weighted by Crippen LogP contribution is -2.33. The van der Waals surface area contributed by atoms with Crippen LogP contribution in [-0.4, -0.2) is 32.9 Å². The molecule has 17 heavy (non-hydrogen) atoms. The quantitative estimate of drug-likeness (QED) is 0.329. The van der Waals surface area contributed by atoms with E-state index in [1.54, 1.807) is 0 Å². The molecule has 0 saturated heterocycles. The van der Waals surface area contributed by atoms with Gasteiger partial charge in [0.05, 0.1) is 12.4 Å². The third kappa shape index (κ3) is 4.92. The van der Waals surface area contributed by atoms with E-state index in [2.05, 4.69) is 20.1 Å². The van der Waals surface area contributed by atoms with Crippen molar-refractivity contribution in [3.05, 3.63) is 20.9 Å². The molecule has 94 valence electrons. The number of rotatable bonds is 4. The van der Waals surface area contributed by atoms with Gasteiger partial charge in [-0.1, -0.05) is 10.2 Å². The van der Waals surface area contributed by atoms with E-state index in [9.17, 15) is 8.42 Å². The Hall–Kier alpha value is -1.47. The van der Waals surface area contributed by atoms with E-state index in [4.69, 9.17) is 15.2 Å². The zero-order valence-corrected chi connectivity index (χ0v) is 9.99. The van der Waals surface area contributed by atoms with Crippen molar-refractivity contribution in [3.8, 4) is 0 Å². The van der Waals surface area contributed by atoms with E-state index >= 15 is 0 Å². The highest BCUT2D eigenvalue weighted by Crippen LogP contribution is 2.27. The van der Waals surface area contributed by atoms with Crippen LogP contribution in [0.1, 0.15) is 19.3 Å². The molecule has 1 aliphatic carbocycles. The third-order valence-corrected chi connectivity index (χ3v) is 2.98. The predicted octanol–water partition coefficient (Wildman–Crippen LogP) is 1.87. The molecule has 0 heterocycles. The molecule has 0 aromatic rings. The van der Waals surface area contributed by atoms with Crippen LogP contribution < -0.4 is 0 Å². The van der Waals surface area contributed by atoms with E-state index in [-0.39, 0.29) is 0 Å². The lowest BCUT2D eigenvalue weighted by molar-refractivity contribution is 0.142. The summed E-state index contributed by atoms with van der Waals surface area (Å²) in [5.41, 5.74) is 16.7. The first-order valence-corrected chi connectivity index (χ1v) is 6.73. The molecule has 1 saturated carbocycles. The van der Waals surface area contributed by atoms with Gasteiger partial charge >= 0.3 is 0 Å². The summed E-state index contributed by atoms with van der Waals surface area (Å²) in [6.07, 6.45) is 1.39. The van der Waals surface area contributed by atoms with Gasteiger partial charge in [0.25, 0.3) is 10.1 Å². The lowest BCUT2D eigenvalue weighted by atomic mass is 9.90. The van der Waals surface area contributed by atoms with E-state index in [0.717, 1.165) is 6.26 Å². The van der Waals surface area contributed by atoms with Gasteiger partial charge in [-0.15, -0.1) is 0 Å². The Kier molecular flexibility index (Phi) is 4.59. The number of hydrogen-bond acceptors (Lipinski definition) is 5. The highest BCUT2D eigenvalue weighted by atomic mass is 32.2. The van der Waals surface area contributed by atoms with Gasteiger partial charge in [-0.25, -0.2) is 0 Å². The van der Waals surface area contributed by atoms with E-state index in [0.29, 0.717) is 19.3 Å². The van der Waals surface area contributed by atoms with Crippen LogP contribution in [0, 0.1) is 0 Å². The Morgan fingerprint density at radius 2 is 1.59 bits per heavy atom. The molecule has 0 aromatic heterocycles. The summed E-state index contributed by atoms with van der Waals surface area (Å²) in [4.78, 5) is 5.34. The Morgan fingerprint density at radius 3 is 1.94 bits per heavy atom. The first-order chi connectivity index (χ1) is 7.94. The van der Waals surface area contributed by atoms with Crippen LogP contribution >= 0.6 is 0 Å². The van der Waals surface area contributed by atoms with Crippen molar-refractivity contribution in [2.24, 2.45) is 10.2 Å². The summed E-state index contributed by atoms with van der Waals surface area (Å²) >= 11 is 0. The van der Waals surface area contributed by atoms with Crippen LogP contribution in [0.25, 0.3) is 20.9 Å². The fourth-order valence-corrected chi connectivity index (χ4v) is 2.52. The molecule has 0 spiro atoms. The molecule has 2 unspecified atom stereocenters. The molecule has 0 amide bonds. The Bertz CT molecular complexity index is 438. The van der Waals surface area contributed by atoms with Gasteiger partial charge < -0.3 is 0 Å². The van der Waals surface area contributed by atoms with Crippen LogP contribution in [0.15, 0.2) is 10.2 Å². The zero-order valence-electron chi connectivity index (χ0n) is 9.17. The molecule has 2 atom stereocenters. The number of hydrogen-bond donors (Lipinski definition) is 0. The summed E-state index contributed by atoms with van der Waals surface area (Å²) in [6.45, 7) is 0. The van der Waals surface area contributed by atoms with Crippen LogP contribution in [0.2, 0.25) is 0 Å². The van der Waals surface area contributed by atoms with Crippen molar-refractivity contribution in [1.29, 1.82) is 0 Å². The molecule has 0 aliphatic heterocycles. The smallest absolute Gasteiger partial charge is 0.264 e. The largest absolute Gasteiger partial charge is 0.267 e. The third-order valence-electron chi connectivity index (χ3n) is 2.35. The summed E-state index contributed by atoms with van der Waals surface area (Å²) in [5, 5.41) is 7.04. The maximum absolute atomic E-state index is 11.0. The molecular formula is C7H12N6O3S. The standard InChI is InChI=1S/C7H12N6O3S/c1-17(14,15)16-7-3-5(10-12-8)2-6(4-7)11-13-9/h5-7H,2-4H2,1H3. The van der Waals surface area contributed by atoms with Gasteiger partial charge in [0, 0.05) is 21.9 Å². The molecule has 1 fully saturated rings. The molecule has 0 aromatic carbocycles. The Labute approximate surface area is 98.1 Å². The monoisotopic (exact) mass is 260 g/mol. The van der Waals surface area contributed by atoms with Crippen LogP contribution in [0.5, 0.6) is 0 Å². The molecule has 0 radical (unpaired) electrons. The van der Waals surface area contributed by atoms with Crippen molar-refractivity contribution in [2.75, 3.05) is 6.26 Å². The van der Waals surface area contributed by atoms with Gasteiger partial charge in [0.15, 0.2) is 0 Å². The highest BCUT2D eigenvalue weighted by Gasteiger charge is 2.30. The van der Waals surface area contributed by atoms with Gasteiger partial charge in [-0.3, -0.25) is 4.18 Å². The molecular weight excluding hydrogens is 248 g/mol. The van der Waals surface area contributed by atoms with Crippen LogP contribution in [-0.2, 0) is 14.3 Å². The molecule has 1 aliphatic rings. The van der Waals surface area contributed by atoms with Gasteiger partial charge in [0.2, 0.25) is 0 Å². The Morgan fingerprint density at radius 1 is 1.12 bits per heavy atom. The topological polar surface area (TPSA) is 141 Å².